The van der Waals surface area contributed by atoms with Gasteiger partial charge < -0.3 is 15.7 Å². The van der Waals surface area contributed by atoms with E-state index in [1.807, 2.05) is 6.92 Å². The molecule has 4 N–H and O–H groups in total. The first-order chi connectivity index (χ1) is 9.33. The molecule has 2 amide bonds. The van der Waals surface area contributed by atoms with Crippen molar-refractivity contribution in [3.63, 3.8) is 0 Å². The van der Waals surface area contributed by atoms with E-state index in [1.165, 1.54) is 0 Å². The molecule has 20 heavy (non-hydrogen) atoms. The van der Waals surface area contributed by atoms with Crippen LogP contribution in [0.5, 0.6) is 0 Å². The summed E-state index contributed by atoms with van der Waals surface area (Å²) in [5, 5.41) is 21.0. The fourth-order valence-electron chi connectivity index (χ4n) is 1.55. The molecular weight excluding hydrogens is 260 g/mol. The summed E-state index contributed by atoms with van der Waals surface area (Å²) in [6, 6.07) is -0.344. The van der Waals surface area contributed by atoms with Gasteiger partial charge in [-0.2, -0.15) is 5.10 Å². The van der Waals surface area contributed by atoms with Gasteiger partial charge in [-0.1, -0.05) is 0 Å². The second kappa shape index (κ2) is 6.93. The molecule has 0 aliphatic carbocycles. The van der Waals surface area contributed by atoms with Crippen molar-refractivity contribution >= 4 is 12.0 Å². The number of aromatic amines is 1. The average molecular weight is 282 g/mol. The highest BCUT2D eigenvalue weighted by Gasteiger charge is 2.27. The van der Waals surface area contributed by atoms with Gasteiger partial charge in [0.15, 0.2) is 0 Å². The first kappa shape index (κ1) is 16.0. The van der Waals surface area contributed by atoms with Gasteiger partial charge in [-0.25, -0.2) is 4.79 Å². The lowest BCUT2D eigenvalue weighted by Crippen LogP contribution is -2.43. The number of aryl methyl sites for hydroxylation is 2. The van der Waals surface area contributed by atoms with Crippen LogP contribution in [0.25, 0.3) is 0 Å². The third kappa shape index (κ3) is 4.91. The summed E-state index contributed by atoms with van der Waals surface area (Å²) in [5.41, 5.74) is 1.21. The van der Waals surface area contributed by atoms with Crippen LogP contribution in [0, 0.1) is 12.3 Å². The molecule has 1 rings (SSSR count). The summed E-state index contributed by atoms with van der Waals surface area (Å²) in [6.45, 7) is 5.71. The number of hydrogen-bond acceptors (Lipinski definition) is 3. The third-order valence-corrected chi connectivity index (χ3v) is 3.11. The molecule has 0 aliphatic heterocycles. The Morgan fingerprint density at radius 3 is 2.65 bits per heavy atom. The Morgan fingerprint density at radius 2 is 2.10 bits per heavy atom. The molecule has 0 spiro atoms. The normalized spacial score (nSPS) is 11.2. The fraction of sp³-hybridized carbons (Fsp3) is 0.615. The maximum absolute atomic E-state index is 11.5. The summed E-state index contributed by atoms with van der Waals surface area (Å²) < 4.78 is 0. The van der Waals surface area contributed by atoms with E-state index in [0.717, 1.165) is 24.1 Å². The van der Waals surface area contributed by atoms with Crippen LogP contribution in [-0.4, -0.2) is 40.4 Å². The van der Waals surface area contributed by atoms with E-state index in [9.17, 15) is 9.59 Å². The number of urea groups is 1. The molecule has 0 saturated heterocycles. The van der Waals surface area contributed by atoms with Gasteiger partial charge in [-0.3, -0.25) is 9.89 Å². The van der Waals surface area contributed by atoms with E-state index in [1.54, 1.807) is 20.0 Å². The first-order valence-corrected chi connectivity index (χ1v) is 6.57. The van der Waals surface area contributed by atoms with Crippen molar-refractivity contribution in [3.8, 4) is 0 Å². The van der Waals surface area contributed by atoms with E-state index >= 15 is 0 Å². The lowest BCUT2D eigenvalue weighted by atomic mass is 9.94. The van der Waals surface area contributed by atoms with Gasteiger partial charge in [0.25, 0.3) is 0 Å². The number of nitrogens with one attached hydrogen (secondary N) is 3. The number of carbonyl (C=O) groups excluding carboxylic acids is 1. The van der Waals surface area contributed by atoms with Crippen LogP contribution in [0.1, 0.15) is 31.5 Å². The molecule has 0 bridgehead atoms. The predicted octanol–water partition coefficient (Wildman–Crippen LogP) is 1.06. The average Bonchev–Trinajstić information content (AvgIpc) is 2.78. The van der Waals surface area contributed by atoms with Crippen LogP contribution in [0.3, 0.4) is 0 Å². The summed E-state index contributed by atoms with van der Waals surface area (Å²) >= 11 is 0. The van der Waals surface area contributed by atoms with Crippen LogP contribution in [0.15, 0.2) is 6.20 Å². The van der Waals surface area contributed by atoms with Crippen molar-refractivity contribution in [1.29, 1.82) is 0 Å². The number of aromatic nitrogens is 2. The topological polar surface area (TPSA) is 107 Å². The Morgan fingerprint density at radius 1 is 1.40 bits per heavy atom. The van der Waals surface area contributed by atoms with Gasteiger partial charge in [0, 0.05) is 18.8 Å². The highest BCUT2D eigenvalue weighted by atomic mass is 16.4. The van der Waals surface area contributed by atoms with Gasteiger partial charge in [0.05, 0.1) is 11.6 Å². The predicted molar refractivity (Wildman–Crippen MR) is 74.5 cm³/mol. The fourth-order valence-corrected chi connectivity index (χ4v) is 1.55. The number of carbonyl (C=O) groups is 2. The maximum atomic E-state index is 11.5. The largest absolute Gasteiger partial charge is 0.481 e. The van der Waals surface area contributed by atoms with Crippen molar-refractivity contribution in [3.05, 3.63) is 17.5 Å². The number of rotatable bonds is 7. The molecule has 7 nitrogen and oxygen atoms in total. The summed E-state index contributed by atoms with van der Waals surface area (Å²) in [7, 11) is 0. The van der Waals surface area contributed by atoms with Crippen molar-refractivity contribution in [1.82, 2.24) is 20.8 Å². The molecule has 1 aromatic rings. The molecule has 112 valence electrons. The van der Waals surface area contributed by atoms with Gasteiger partial charge >= 0.3 is 12.0 Å². The standard InChI is InChI=1S/C13H22N4O3/c1-9-10(7-16-17-9)5-4-6-14-12(20)15-8-13(2,3)11(18)19/h7H,4-6,8H2,1-3H3,(H,16,17)(H,18,19)(H2,14,15,20). The molecule has 0 aromatic carbocycles. The Balaban J connectivity index is 2.18. The molecule has 0 unspecified atom stereocenters. The minimum Gasteiger partial charge on any atom is -0.481 e. The van der Waals surface area contributed by atoms with E-state index in [0.29, 0.717) is 6.54 Å². The molecular formula is C13H22N4O3. The van der Waals surface area contributed by atoms with Crippen molar-refractivity contribution in [2.45, 2.75) is 33.6 Å². The second-order valence-corrected chi connectivity index (χ2v) is 5.42. The van der Waals surface area contributed by atoms with Gasteiger partial charge in [-0.05, 0) is 39.2 Å². The quantitative estimate of drug-likeness (QED) is 0.561. The van der Waals surface area contributed by atoms with Crippen LogP contribution < -0.4 is 10.6 Å². The van der Waals surface area contributed by atoms with Gasteiger partial charge in [0.1, 0.15) is 0 Å². The molecule has 0 radical (unpaired) electrons. The SMILES string of the molecule is Cc1[nH]ncc1CCCNC(=O)NCC(C)(C)C(=O)O. The zero-order valence-electron chi connectivity index (χ0n) is 12.1. The van der Waals surface area contributed by atoms with E-state index in [2.05, 4.69) is 20.8 Å². The number of aliphatic carboxylic acids is 1. The smallest absolute Gasteiger partial charge is 0.314 e. The Bertz CT molecular complexity index is 468. The third-order valence-electron chi connectivity index (χ3n) is 3.11. The summed E-state index contributed by atoms with van der Waals surface area (Å²) in [6.07, 6.45) is 3.42. The maximum Gasteiger partial charge on any atom is 0.314 e. The number of carboxylic acid groups (broad SMARTS) is 1. The lowest BCUT2D eigenvalue weighted by Gasteiger charge is -2.19. The van der Waals surface area contributed by atoms with Crippen molar-refractivity contribution < 1.29 is 14.7 Å². The molecule has 1 heterocycles. The van der Waals surface area contributed by atoms with E-state index in [4.69, 9.17) is 5.11 Å². The zero-order valence-corrected chi connectivity index (χ0v) is 12.1. The van der Waals surface area contributed by atoms with Crippen molar-refractivity contribution in [2.75, 3.05) is 13.1 Å². The molecule has 0 aliphatic rings. The van der Waals surface area contributed by atoms with Crippen LogP contribution >= 0.6 is 0 Å². The monoisotopic (exact) mass is 282 g/mol. The summed E-state index contributed by atoms with van der Waals surface area (Å²) in [4.78, 5) is 22.4. The minimum absolute atomic E-state index is 0.0923. The molecule has 0 saturated carbocycles. The second-order valence-electron chi connectivity index (χ2n) is 5.42. The summed E-state index contributed by atoms with van der Waals surface area (Å²) in [5.74, 6) is -0.937. The van der Waals surface area contributed by atoms with Crippen LogP contribution in [0.2, 0.25) is 0 Å². The number of nitrogens with zero attached hydrogens (tertiary/aromatic N) is 1. The number of carboxylic acids is 1. The Kier molecular flexibility index (Phi) is 5.54. The highest BCUT2D eigenvalue weighted by Crippen LogP contribution is 2.12. The number of amides is 2. The molecule has 0 atom stereocenters. The van der Waals surface area contributed by atoms with E-state index < -0.39 is 11.4 Å². The molecule has 1 aromatic heterocycles. The van der Waals surface area contributed by atoms with Crippen LogP contribution in [-0.2, 0) is 11.2 Å². The highest BCUT2D eigenvalue weighted by molar-refractivity contribution is 5.77. The minimum atomic E-state index is -0.967. The number of hydrogen-bond donors (Lipinski definition) is 4. The Labute approximate surface area is 118 Å². The Hall–Kier alpha value is -2.05. The van der Waals surface area contributed by atoms with Crippen LogP contribution in [0.4, 0.5) is 4.79 Å². The number of H-pyrrole nitrogens is 1. The van der Waals surface area contributed by atoms with Crippen molar-refractivity contribution in [2.24, 2.45) is 5.41 Å². The first-order valence-electron chi connectivity index (χ1n) is 6.57. The van der Waals surface area contributed by atoms with Gasteiger partial charge in [-0.15, -0.1) is 0 Å². The lowest BCUT2D eigenvalue weighted by molar-refractivity contribution is -0.146. The van der Waals surface area contributed by atoms with E-state index in [-0.39, 0.29) is 12.6 Å². The molecule has 0 fully saturated rings. The van der Waals surface area contributed by atoms with Gasteiger partial charge in [0.2, 0.25) is 0 Å². The zero-order chi connectivity index (χ0) is 15.2. The molecule has 7 heteroatoms.